The first-order chi connectivity index (χ1) is 29.2. The molecular weight excluding hydrogens is 717 g/mol. The van der Waals surface area contributed by atoms with Crippen LogP contribution in [0.25, 0.3) is 65.7 Å². The van der Waals surface area contributed by atoms with Gasteiger partial charge >= 0.3 is 0 Å². The van der Waals surface area contributed by atoms with Crippen LogP contribution in [-0.2, 0) is 0 Å². The van der Waals surface area contributed by atoms with Gasteiger partial charge in [-0.25, -0.2) is 0 Å². The number of hydrogen-bond acceptors (Lipinski definition) is 3. The predicted octanol–water partition coefficient (Wildman–Crippen LogP) is 16.2. The molecule has 0 radical (unpaired) electrons. The monoisotopic (exact) mass is 754 g/mol. The Bertz CT molecular complexity index is 3240. The molecule has 59 heavy (non-hydrogen) atoms. The normalized spacial score (nSPS) is 11.4. The molecule has 0 spiro atoms. The lowest BCUT2D eigenvalue weighted by atomic mass is 9.96. The molecule has 3 nitrogen and oxygen atoms in total. The maximum Gasteiger partial charge on any atom is 0.136 e. The summed E-state index contributed by atoms with van der Waals surface area (Å²) in [6.45, 7) is 0. The second-order valence-electron chi connectivity index (χ2n) is 15.0. The molecule has 0 saturated carbocycles. The van der Waals surface area contributed by atoms with Gasteiger partial charge in [0.1, 0.15) is 11.2 Å². The van der Waals surface area contributed by atoms with E-state index in [9.17, 15) is 0 Å². The molecule has 0 saturated heterocycles. The highest BCUT2D eigenvalue weighted by atomic mass is 16.3. The minimum Gasteiger partial charge on any atom is -0.456 e. The Morgan fingerprint density at radius 3 is 1.63 bits per heavy atom. The lowest BCUT2D eigenvalue weighted by Gasteiger charge is -2.31. The molecule has 0 bridgehead atoms. The largest absolute Gasteiger partial charge is 0.456 e. The first-order valence-corrected chi connectivity index (χ1v) is 20.1. The smallest absolute Gasteiger partial charge is 0.136 e. The number of hydrogen-bond donors (Lipinski definition) is 0. The summed E-state index contributed by atoms with van der Waals surface area (Å²) in [5.74, 6) is 0. The molecule has 0 aliphatic carbocycles. The molecule has 3 heteroatoms. The Labute approximate surface area is 343 Å². The number of para-hydroxylation sites is 4. The van der Waals surface area contributed by atoms with Gasteiger partial charge in [0, 0.05) is 44.8 Å². The molecule has 0 N–H and O–H groups in total. The number of fused-ring (bicyclic) bond motifs is 6. The highest BCUT2D eigenvalue weighted by Gasteiger charge is 2.21. The van der Waals surface area contributed by atoms with Gasteiger partial charge in [-0.05, 0) is 123 Å². The van der Waals surface area contributed by atoms with Crippen molar-refractivity contribution in [3.63, 3.8) is 0 Å². The molecule has 11 aromatic rings. The molecule has 1 aromatic heterocycles. The second kappa shape index (κ2) is 14.6. The van der Waals surface area contributed by atoms with Gasteiger partial charge in [0.25, 0.3) is 0 Å². The molecule has 10 aromatic carbocycles. The van der Waals surface area contributed by atoms with Crippen molar-refractivity contribution in [1.29, 1.82) is 0 Å². The third kappa shape index (κ3) is 6.26. The van der Waals surface area contributed by atoms with E-state index in [-0.39, 0.29) is 0 Å². The summed E-state index contributed by atoms with van der Waals surface area (Å²) >= 11 is 0. The third-order valence-corrected chi connectivity index (χ3v) is 11.4. The van der Waals surface area contributed by atoms with Crippen molar-refractivity contribution in [2.24, 2.45) is 0 Å². The molecule has 0 fully saturated rings. The molecule has 0 atom stereocenters. The van der Waals surface area contributed by atoms with E-state index in [1.54, 1.807) is 0 Å². The SMILES string of the molecule is c1ccc(-c2cccc(-c3ccccc3N(c3cccc(N(c4ccccc4)c4ccccc4)c3)c3ccc4ccc5cc6oc7ccccc7c6cc5c4c3)c2)cc1. The maximum atomic E-state index is 6.32. The summed E-state index contributed by atoms with van der Waals surface area (Å²) in [6.07, 6.45) is 0. The summed E-state index contributed by atoms with van der Waals surface area (Å²) in [5, 5.41) is 6.97. The van der Waals surface area contributed by atoms with E-state index in [0.717, 1.165) is 72.6 Å². The Morgan fingerprint density at radius 2 is 0.831 bits per heavy atom. The molecule has 0 aliphatic rings. The van der Waals surface area contributed by atoms with Crippen LogP contribution in [0.3, 0.4) is 0 Å². The molecule has 278 valence electrons. The maximum absolute atomic E-state index is 6.32. The molecule has 0 unspecified atom stereocenters. The Hall–Kier alpha value is -7.88. The first-order valence-electron chi connectivity index (χ1n) is 20.1. The van der Waals surface area contributed by atoms with Gasteiger partial charge < -0.3 is 14.2 Å². The van der Waals surface area contributed by atoms with E-state index in [0.29, 0.717) is 0 Å². The number of benzene rings is 10. The number of rotatable bonds is 8. The van der Waals surface area contributed by atoms with Gasteiger partial charge in [-0.1, -0.05) is 146 Å². The van der Waals surface area contributed by atoms with Crippen molar-refractivity contribution < 1.29 is 4.42 Å². The Morgan fingerprint density at radius 1 is 0.271 bits per heavy atom. The van der Waals surface area contributed by atoms with E-state index < -0.39 is 0 Å². The fourth-order valence-electron chi connectivity index (χ4n) is 8.61. The van der Waals surface area contributed by atoms with Crippen LogP contribution in [0.4, 0.5) is 34.1 Å². The van der Waals surface area contributed by atoms with Gasteiger partial charge in [0.15, 0.2) is 0 Å². The van der Waals surface area contributed by atoms with E-state index in [2.05, 4.69) is 228 Å². The topological polar surface area (TPSA) is 19.6 Å². The average molecular weight is 755 g/mol. The van der Waals surface area contributed by atoms with Crippen LogP contribution in [0, 0.1) is 0 Å². The molecule has 11 rings (SSSR count). The summed E-state index contributed by atoms with van der Waals surface area (Å²) in [6, 6.07) is 82.5. The van der Waals surface area contributed by atoms with E-state index in [1.165, 1.54) is 27.3 Å². The van der Waals surface area contributed by atoms with Gasteiger partial charge in [0.05, 0.1) is 5.69 Å². The van der Waals surface area contributed by atoms with Crippen LogP contribution in [0.2, 0.25) is 0 Å². The lowest BCUT2D eigenvalue weighted by molar-refractivity contribution is 0.669. The van der Waals surface area contributed by atoms with Gasteiger partial charge in [0.2, 0.25) is 0 Å². The summed E-state index contributed by atoms with van der Waals surface area (Å²) in [7, 11) is 0. The van der Waals surface area contributed by atoms with Crippen LogP contribution in [0.15, 0.2) is 235 Å². The summed E-state index contributed by atoms with van der Waals surface area (Å²) in [4.78, 5) is 4.75. The standard InChI is InChI=1S/C56H38N2O/c1-4-16-39(17-5-1)41-18-14-19-42(34-41)49-26-10-12-28-54(49)58(47-25-15-24-46(36-47)57(44-20-6-2-7-21-44)45-22-8-3-9-23-45)48-33-32-40-30-31-43-35-56-53(38-52(43)51(40)37-48)50-27-11-13-29-55(50)59-56/h1-38H. The molecule has 0 amide bonds. The van der Waals surface area contributed by atoms with Crippen LogP contribution >= 0.6 is 0 Å². The molecule has 0 aliphatic heterocycles. The van der Waals surface area contributed by atoms with Crippen molar-refractivity contribution in [2.75, 3.05) is 9.80 Å². The first kappa shape index (κ1) is 34.4. The van der Waals surface area contributed by atoms with Gasteiger partial charge in [-0.3, -0.25) is 0 Å². The number of anilines is 6. The van der Waals surface area contributed by atoms with Crippen molar-refractivity contribution in [2.45, 2.75) is 0 Å². The predicted molar refractivity (Wildman–Crippen MR) is 249 cm³/mol. The minimum atomic E-state index is 0.903. The van der Waals surface area contributed by atoms with Crippen molar-refractivity contribution >= 4 is 77.6 Å². The van der Waals surface area contributed by atoms with Gasteiger partial charge in [-0.2, -0.15) is 0 Å². The second-order valence-corrected chi connectivity index (χ2v) is 15.0. The third-order valence-electron chi connectivity index (χ3n) is 11.4. The quantitative estimate of drug-likeness (QED) is 0.144. The Balaban J connectivity index is 1.14. The number of nitrogens with zero attached hydrogens (tertiary/aromatic N) is 2. The zero-order valence-electron chi connectivity index (χ0n) is 32.2. The zero-order valence-corrected chi connectivity index (χ0v) is 32.2. The molecule has 1 heterocycles. The van der Waals surface area contributed by atoms with Crippen molar-refractivity contribution in [3.8, 4) is 22.3 Å². The highest BCUT2D eigenvalue weighted by Crippen LogP contribution is 2.45. The van der Waals surface area contributed by atoms with Gasteiger partial charge in [-0.15, -0.1) is 0 Å². The van der Waals surface area contributed by atoms with E-state index >= 15 is 0 Å². The Kier molecular flexibility index (Phi) is 8.49. The average Bonchev–Trinajstić information content (AvgIpc) is 3.67. The fraction of sp³-hybridized carbons (Fsp3) is 0. The van der Waals surface area contributed by atoms with Crippen LogP contribution in [0.5, 0.6) is 0 Å². The van der Waals surface area contributed by atoms with E-state index in [1.807, 2.05) is 12.1 Å². The van der Waals surface area contributed by atoms with Crippen molar-refractivity contribution in [3.05, 3.63) is 231 Å². The summed E-state index contributed by atoms with van der Waals surface area (Å²) in [5.41, 5.74) is 12.9. The van der Waals surface area contributed by atoms with E-state index in [4.69, 9.17) is 4.42 Å². The fourth-order valence-corrected chi connectivity index (χ4v) is 8.61. The summed E-state index contributed by atoms with van der Waals surface area (Å²) < 4.78 is 6.32. The van der Waals surface area contributed by atoms with Crippen LogP contribution in [-0.4, -0.2) is 0 Å². The van der Waals surface area contributed by atoms with Crippen LogP contribution < -0.4 is 9.80 Å². The zero-order chi connectivity index (χ0) is 39.1. The molecular formula is C56H38N2O. The minimum absolute atomic E-state index is 0.903. The van der Waals surface area contributed by atoms with Crippen molar-refractivity contribution in [1.82, 2.24) is 0 Å². The highest BCUT2D eigenvalue weighted by molar-refractivity contribution is 6.17. The lowest BCUT2D eigenvalue weighted by Crippen LogP contribution is -2.13. The van der Waals surface area contributed by atoms with Crippen LogP contribution in [0.1, 0.15) is 0 Å². The number of furan rings is 1.